The molecule has 0 N–H and O–H groups in total. The summed E-state index contributed by atoms with van der Waals surface area (Å²) in [6.45, 7) is 0.738. The van der Waals surface area contributed by atoms with E-state index in [4.69, 9.17) is 4.74 Å². The van der Waals surface area contributed by atoms with Crippen molar-refractivity contribution >= 4 is 15.9 Å². The monoisotopic (exact) mass is 174 g/mol. The summed E-state index contributed by atoms with van der Waals surface area (Å²) in [4.78, 5) is 0. The first kappa shape index (κ1) is 5.89. The molecule has 0 unspecified atom stereocenters. The van der Waals surface area contributed by atoms with Gasteiger partial charge in [-0.1, -0.05) is 22.0 Å². The molecule has 1 nitrogen and oxygen atoms in total. The third kappa shape index (κ3) is 1.37. The molecule has 44 valence electrons. The largest absolute Gasteiger partial charge is 0.497 e. The van der Waals surface area contributed by atoms with Crippen LogP contribution in [0.15, 0.2) is 24.0 Å². The lowest BCUT2D eigenvalue weighted by Gasteiger charge is -2.05. The van der Waals surface area contributed by atoms with Crippen molar-refractivity contribution in [3.8, 4) is 0 Å². The molecule has 1 heterocycles. The maximum Gasteiger partial charge on any atom is 0.110 e. The number of alkyl halides is 1. The molecule has 0 fully saturated rings. The first-order valence-electron chi connectivity index (χ1n) is 2.45. The Hall–Kier alpha value is -0.240. The second-order valence-electron chi connectivity index (χ2n) is 1.60. The SMILES string of the molecule is BrCC1=CC=COC1. The van der Waals surface area contributed by atoms with Crippen molar-refractivity contribution in [1.82, 2.24) is 0 Å². The molecule has 0 saturated heterocycles. The Kier molecular flexibility index (Phi) is 2.15. The molecule has 0 aromatic rings. The van der Waals surface area contributed by atoms with Crippen LogP contribution in [0.1, 0.15) is 0 Å². The minimum atomic E-state index is 0.738. The van der Waals surface area contributed by atoms with E-state index in [2.05, 4.69) is 22.0 Å². The lowest BCUT2D eigenvalue weighted by atomic mass is 10.3. The second kappa shape index (κ2) is 2.92. The molecular weight excluding hydrogens is 168 g/mol. The van der Waals surface area contributed by atoms with Crippen molar-refractivity contribution < 1.29 is 4.74 Å². The number of hydrogen-bond donors (Lipinski definition) is 0. The summed E-state index contributed by atoms with van der Waals surface area (Å²) in [5, 5.41) is 0.914. The second-order valence-corrected chi connectivity index (χ2v) is 2.16. The fraction of sp³-hybridized carbons (Fsp3) is 0.333. The minimum Gasteiger partial charge on any atom is -0.497 e. The third-order valence-electron chi connectivity index (χ3n) is 0.947. The van der Waals surface area contributed by atoms with Gasteiger partial charge >= 0.3 is 0 Å². The van der Waals surface area contributed by atoms with E-state index in [-0.39, 0.29) is 0 Å². The first-order valence-corrected chi connectivity index (χ1v) is 3.58. The van der Waals surface area contributed by atoms with Gasteiger partial charge in [-0.3, -0.25) is 0 Å². The Morgan fingerprint density at radius 2 is 2.62 bits per heavy atom. The van der Waals surface area contributed by atoms with Gasteiger partial charge in [0.15, 0.2) is 0 Å². The maximum atomic E-state index is 4.99. The standard InChI is InChI=1S/C6H7BrO/c7-4-6-2-1-3-8-5-6/h1-3H,4-5H2. The highest BCUT2D eigenvalue weighted by Gasteiger charge is 1.94. The highest BCUT2D eigenvalue weighted by molar-refractivity contribution is 9.09. The van der Waals surface area contributed by atoms with Gasteiger partial charge in [0.05, 0.1) is 6.26 Å². The van der Waals surface area contributed by atoms with Crippen LogP contribution in [-0.4, -0.2) is 11.9 Å². The van der Waals surface area contributed by atoms with E-state index in [1.165, 1.54) is 5.57 Å². The lowest BCUT2D eigenvalue weighted by molar-refractivity contribution is 0.276. The van der Waals surface area contributed by atoms with Gasteiger partial charge in [0.2, 0.25) is 0 Å². The normalized spacial score (nSPS) is 17.4. The van der Waals surface area contributed by atoms with Gasteiger partial charge in [-0.25, -0.2) is 0 Å². The van der Waals surface area contributed by atoms with E-state index < -0.39 is 0 Å². The summed E-state index contributed by atoms with van der Waals surface area (Å²) in [5.74, 6) is 0. The number of rotatable bonds is 1. The number of halogens is 1. The smallest absolute Gasteiger partial charge is 0.110 e. The molecule has 0 amide bonds. The Bertz CT molecular complexity index is 126. The highest BCUT2D eigenvalue weighted by atomic mass is 79.9. The van der Waals surface area contributed by atoms with Crippen LogP contribution in [0.25, 0.3) is 0 Å². The summed E-state index contributed by atoms with van der Waals surface area (Å²) in [7, 11) is 0. The van der Waals surface area contributed by atoms with Crippen molar-refractivity contribution in [2.24, 2.45) is 0 Å². The van der Waals surface area contributed by atoms with Crippen molar-refractivity contribution in [3.05, 3.63) is 24.0 Å². The Labute approximate surface area is 57.2 Å². The van der Waals surface area contributed by atoms with Crippen LogP contribution in [0.2, 0.25) is 0 Å². The van der Waals surface area contributed by atoms with Crippen LogP contribution in [0, 0.1) is 0 Å². The van der Waals surface area contributed by atoms with E-state index in [1.54, 1.807) is 6.26 Å². The third-order valence-corrected chi connectivity index (χ3v) is 1.67. The van der Waals surface area contributed by atoms with E-state index >= 15 is 0 Å². The van der Waals surface area contributed by atoms with E-state index in [1.807, 2.05) is 6.08 Å². The topological polar surface area (TPSA) is 9.23 Å². The molecule has 1 aliphatic rings. The molecule has 0 aliphatic carbocycles. The number of allylic oxidation sites excluding steroid dienone is 2. The molecule has 0 radical (unpaired) electrons. The first-order chi connectivity index (χ1) is 3.93. The molecule has 2 heteroatoms. The molecule has 1 aliphatic heterocycles. The molecule has 0 bridgehead atoms. The van der Waals surface area contributed by atoms with Crippen LogP contribution < -0.4 is 0 Å². The van der Waals surface area contributed by atoms with Gasteiger partial charge in [0, 0.05) is 5.33 Å². The molecular formula is C6H7BrO. The van der Waals surface area contributed by atoms with Crippen LogP contribution in [-0.2, 0) is 4.74 Å². The van der Waals surface area contributed by atoms with Crippen molar-refractivity contribution in [3.63, 3.8) is 0 Å². The number of hydrogen-bond acceptors (Lipinski definition) is 1. The number of ether oxygens (including phenoxy) is 1. The zero-order valence-electron chi connectivity index (χ0n) is 4.43. The maximum absolute atomic E-state index is 4.99. The summed E-state index contributed by atoms with van der Waals surface area (Å²) in [5.41, 5.74) is 1.28. The minimum absolute atomic E-state index is 0.738. The summed E-state index contributed by atoms with van der Waals surface area (Å²) < 4.78 is 4.99. The molecule has 0 spiro atoms. The molecule has 0 aromatic carbocycles. The fourth-order valence-electron chi connectivity index (χ4n) is 0.517. The lowest BCUT2D eigenvalue weighted by Crippen LogP contribution is -1.97. The van der Waals surface area contributed by atoms with E-state index in [0.717, 1.165) is 11.9 Å². The predicted molar refractivity (Wildman–Crippen MR) is 37.0 cm³/mol. The molecule has 1 rings (SSSR count). The average molecular weight is 175 g/mol. The van der Waals surface area contributed by atoms with Crippen LogP contribution in [0.3, 0.4) is 0 Å². The highest BCUT2D eigenvalue weighted by Crippen LogP contribution is 2.04. The van der Waals surface area contributed by atoms with Crippen LogP contribution in [0.4, 0.5) is 0 Å². The quantitative estimate of drug-likeness (QED) is 0.552. The molecule has 8 heavy (non-hydrogen) atoms. The Morgan fingerprint density at radius 3 is 3.00 bits per heavy atom. The Morgan fingerprint density at radius 1 is 1.75 bits per heavy atom. The zero-order valence-corrected chi connectivity index (χ0v) is 6.02. The molecule has 0 atom stereocenters. The van der Waals surface area contributed by atoms with Gasteiger partial charge in [-0.2, -0.15) is 0 Å². The van der Waals surface area contributed by atoms with Gasteiger partial charge in [0.1, 0.15) is 6.61 Å². The van der Waals surface area contributed by atoms with Gasteiger partial charge in [-0.15, -0.1) is 0 Å². The Balaban J connectivity index is 2.50. The van der Waals surface area contributed by atoms with Gasteiger partial charge < -0.3 is 4.74 Å². The van der Waals surface area contributed by atoms with Crippen molar-refractivity contribution in [2.45, 2.75) is 0 Å². The van der Waals surface area contributed by atoms with Gasteiger partial charge in [0.25, 0.3) is 0 Å². The molecule has 0 aromatic heterocycles. The molecule has 0 saturated carbocycles. The summed E-state index contributed by atoms with van der Waals surface area (Å²) in [6, 6.07) is 0. The van der Waals surface area contributed by atoms with Crippen LogP contribution in [0.5, 0.6) is 0 Å². The van der Waals surface area contributed by atoms with Crippen molar-refractivity contribution in [2.75, 3.05) is 11.9 Å². The van der Waals surface area contributed by atoms with Gasteiger partial charge in [-0.05, 0) is 11.6 Å². The zero-order chi connectivity index (χ0) is 5.82. The van der Waals surface area contributed by atoms with E-state index in [9.17, 15) is 0 Å². The fourth-order valence-corrected chi connectivity index (χ4v) is 0.866. The summed E-state index contributed by atoms with van der Waals surface area (Å²) in [6.07, 6.45) is 5.66. The van der Waals surface area contributed by atoms with Crippen molar-refractivity contribution in [1.29, 1.82) is 0 Å². The van der Waals surface area contributed by atoms with E-state index in [0.29, 0.717) is 0 Å². The average Bonchev–Trinajstić information content (AvgIpc) is 1.90. The van der Waals surface area contributed by atoms with Crippen LogP contribution >= 0.6 is 15.9 Å². The summed E-state index contributed by atoms with van der Waals surface area (Å²) >= 11 is 3.33. The predicted octanol–water partition coefficient (Wildman–Crippen LogP) is 1.85.